The van der Waals surface area contributed by atoms with E-state index in [0.29, 0.717) is 13.2 Å². The molecule has 136 valence electrons. The number of nitrogens with zero attached hydrogens (tertiary/aromatic N) is 2. The van der Waals surface area contributed by atoms with Gasteiger partial charge in [0, 0.05) is 12.2 Å². The number of aromatic amines is 1. The van der Waals surface area contributed by atoms with Gasteiger partial charge in [-0.2, -0.15) is 5.10 Å². The fourth-order valence-electron chi connectivity index (χ4n) is 2.24. The van der Waals surface area contributed by atoms with Crippen molar-refractivity contribution in [2.75, 3.05) is 32.6 Å². The lowest BCUT2D eigenvalue weighted by atomic mass is 10.3. The molecular weight excluding hydrogens is 318 g/mol. The molecule has 0 bridgehead atoms. The summed E-state index contributed by atoms with van der Waals surface area (Å²) in [5, 5.41) is 12.6. The Bertz CT molecular complexity index is 652. The molecule has 2 amide bonds. The normalized spacial score (nSPS) is 10.7. The number of amides is 2. The molecule has 0 unspecified atom stereocenters. The first-order valence-corrected chi connectivity index (χ1v) is 8.52. The summed E-state index contributed by atoms with van der Waals surface area (Å²) in [5.74, 6) is 0.800. The highest BCUT2D eigenvalue weighted by molar-refractivity contribution is 5.89. The van der Waals surface area contributed by atoms with Crippen LogP contribution in [-0.2, 0) is 13.0 Å². The summed E-state index contributed by atoms with van der Waals surface area (Å²) < 4.78 is 5.67. The second-order valence-corrected chi connectivity index (χ2v) is 6.08. The van der Waals surface area contributed by atoms with Gasteiger partial charge >= 0.3 is 6.03 Å². The maximum absolute atomic E-state index is 11.9. The highest BCUT2D eigenvalue weighted by atomic mass is 16.5. The molecule has 25 heavy (non-hydrogen) atoms. The molecule has 7 nitrogen and oxygen atoms in total. The molecule has 0 aliphatic carbocycles. The van der Waals surface area contributed by atoms with Crippen LogP contribution in [0.4, 0.5) is 10.5 Å². The van der Waals surface area contributed by atoms with Crippen LogP contribution in [0.3, 0.4) is 0 Å². The molecule has 2 rings (SSSR count). The first-order valence-electron chi connectivity index (χ1n) is 8.52. The Morgan fingerprint density at radius 3 is 2.68 bits per heavy atom. The zero-order valence-electron chi connectivity index (χ0n) is 15.1. The number of benzene rings is 1. The molecule has 0 saturated heterocycles. The number of carbonyl (C=O) groups excluding carboxylic acids is 1. The van der Waals surface area contributed by atoms with Crippen LogP contribution in [0.15, 0.2) is 30.3 Å². The molecule has 0 radical (unpaired) electrons. The summed E-state index contributed by atoms with van der Waals surface area (Å²) in [6, 6.07) is 9.05. The third-order valence-electron chi connectivity index (χ3n) is 3.62. The first-order chi connectivity index (χ1) is 12.1. The fraction of sp³-hybridized carbons (Fsp3) is 0.444. The van der Waals surface area contributed by atoms with Crippen molar-refractivity contribution >= 4 is 11.7 Å². The van der Waals surface area contributed by atoms with Crippen molar-refractivity contribution in [3.8, 4) is 5.75 Å². The molecule has 1 aromatic carbocycles. The smallest absolute Gasteiger partial charge is 0.319 e. The van der Waals surface area contributed by atoms with E-state index in [2.05, 4.69) is 25.7 Å². The Morgan fingerprint density at radius 2 is 2.04 bits per heavy atom. The largest absolute Gasteiger partial charge is 0.494 e. The second kappa shape index (κ2) is 9.68. The van der Waals surface area contributed by atoms with Crippen LogP contribution < -0.4 is 15.4 Å². The standard InChI is InChI=1S/C18H27N5O2/c1-4-14-12-16(22-21-14)13-19-18(24)20-15-6-8-17(9-7-15)25-11-5-10-23(2)3/h6-9,12H,4-5,10-11,13H2,1-3H3,(H,21,22)(H2,19,20,24). The molecule has 3 N–H and O–H groups in total. The van der Waals surface area contributed by atoms with E-state index in [1.54, 1.807) is 0 Å². The summed E-state index contributed by atoms with van der Waals surface area (Å²) in [5.41, 5.74) is 2.59. The van der Waals surface area contributed by atoms with Gasteiger partial charge in [-0.05, 0) is 57.3 Å². The summed E-state index contributed by atoms with van der Waals surface area (Å²) in [4.78, 5) is 14.1. The Morgan fingerprint density at radius 1 is 1.28 bits per heavy atom. The molecule has 0 fully saturated rings. The van der Waals surface area contributed by atoms with E-state index in [1.165, 1.54) is 0 Å². The van der Waals surface area contributed by atoms with Crippen LogP contribution in [0.25, 0.3) is 0 Å². The number of nitrogens with one attached hydrogen (secondary N) is 3. The monoisotopic (exact) mass is 345 g/mol. The van der Waals surface area contributed by atoms with Gasteiger partial charge in [0.1, 0.15) is 5.75 Å². The van der Waals surface area contributed by atoms with Gasteiger partial charge < -0.3 is 20.3 Å². The van der Waals surface area contributed by atoms with Crippen LogP contribution in [0.1, 0.15) is 24.7 Å². The number of aromatic nitrogens is 2. The third-order valence-corrected chi connectivity index (χ3v) is 3.62. The number of ether oxygens (including phenoxy) is 1. The second-order valence-electron chi connectivity index (χ2n) is 6.08. The van der Waals surface area contributed by atoms with Crippen molar-refractivity contribution < 1.29 is 9.53 Å². The van der Waals surface area contributed by atoms with Crippen molar-refractivity contribution in [3.63, 3.8) is 0 Å². The molecule has 1 aromatic heterocycles. The quantitative estimate of drug-likeness (QED) is 0.610. The van der Waals surface area contributed by atoms with Crippen molar-refractivity contribution in [1.82, 2.24) is 20.4 Å². The van der Waals surface area contributed by atoms with E-state index in [-0.39, 0.29) is 6.03 Å². The van der Waals surface area contributed by atoms with E-state index in [4.69, 9.17) is 4.74 Å². The predicted octanol–water partition coefficient (Wildman–Crippen LogP) is 2.62. The minimum absolute atomic E-state index is 0.257. The predicted molar refractivity (Wildman–Crippen MR) is 98.9 cm³/mol. The Labute approximate surface area is 148 Å². The molecular formula is C18H27N5O2. The van der Waals surface area contributed by atoms with Crippen LogP contribution in [-0.4, -0.2) is 48.4 Å². The Balaban J connectivity index is 1.71. The van der Waals surface area contributed by atoms with Gasteiger partial charge in [-0.25, -0.2) is 4.79 Å². The summed E-state index contributed by atoms with van der Waals surface area (Å²) in [7, 11) is 4.08. The molecule has 2 aromatic rings. The number of urea groups is 1. The van der Waals surface area contributed by atoms with Crippen LogP contribution in [0, 0.1) is 0 Å². The number of hydrogen-bond acceptors (Lipinski definition) is 4. The topological polar surface area (TPSA) is 82.3 Å². The Kier molecular flexibility index (Phi) is 7.28. The Hall–Kier alpha value is -2.54. The van der Waals surface area contributed by atoms with Gasteiger partial charge in [0.15, 0.2) is 0 Å². The van der Waals surface area contributed by atoms with Gasteiger partial charge in [-0.1, -0.05) is 6.92 Å². The maximum Gasteiger partial charge on any atom is 0.319 e. The number of carbonyl (C=O) groups is 1. The average molecular weight is 345 g/mol. The lowest BCUT2D eigenvalue weighted by Gasteiger charge is -2.11. The summed E-state index contributed by atoms with van der Waals surface area (Å²) in [6.45, 7) is 4.12. The van der Waals surface area contributed by atoms with E-state index < -0.39 is 0 Å². The summed E-state index contributed by atoms with van der Waals surface area (Å²) >= 11 is 0. The van der Waals surface area contributed by atoms with Crippen LogP contribution in [0.2, 0.25) is 0 Å². The minimum atomic E-state index is -0.257. The van der Waals surface area contributed by atoms with Gasteiger partial charge in [0.05, 0.1) is 24.5 Å². The molecule has 7 heteroatoms. The zero-order valence-corrected chi connectivity index (χ0v) is 15.1. The minimum Gasteiger partial charge on any atom is -0.494 e. The van der Waals surface area contributed by atoms with Gasteiger partial charge in [0.25, 0.3) is 0 Å². The third kappa shape index (κ3) is 6.84. The molecule has 0 aliphatic heterocycles. The van der Waals surface area contributed by atoms with Gasteiger partial charge in [-0.15, -0.1) is 0 Å². The molecule has 0 atom stereocenters. The van der Waals surface area contributed by atoms with Crippen molar-refractivity contribution in [1.29, 1.82) is 0 Å². The number of hydrogen-bond donors (Lipinski definition) is 3. The van der Waals surface area contributed by atoms with Crippen LogP contribution >= 0.6 is 0 Å². The van der Waals surface area contributed by atoms with Gasteiger partial charge in [-0.3, -0.25) is 5.10 Å². The lowest BCUT2D eigenvalue weighted by molar-refractivity contribution is 0.251. The first kappa shape index (κ1) is 18.8. The van der Waals surface area contributed by atoms with E-state index in [1.807, 2.05) is 51.4 Å². The number of rotatable bonds is 9. The van der Waals surface area contributed by atoms with Crippen LogP contribution in [0.5, 0.6) is 5.75 Å². The molecule has 0 saturated carbocycles. The highest BCUT2D eigenvalue weighted by Crippen LogP contribution is 2.15. The van der Waals surface area contributed by atoms with E-state index in [0.717, 1.165) is 42.2 Å². The zero-order chi connectivity index (χ0) is 18.1. The molecule has 1 heterocycles. The number of aryl methyl sites for hydroxylation is 1. The fourth-order valence-corrected chi connectivity index (χ4v) is 2.24. The molecule has 0 aliphatic rings. The summed E-state index contributed by atoms with van der Waals surface area (Å²) in [6.07, 6.45) is 1.84. The van der Waals surface area contributed by atoms with Crippen molar-refractivity contribution in [2.24, 2.45) is 0 Å². The highest BCUT2D eigenvalue weighted by Gasteiger charge is 2.04. The average Bonchev–Trinajstić information content (AvgIpc) is 3.06. The van der Waals surface area contributed by atoms with E-state index in [9.17, 15) is 4.79 Å². The number of anilines is 1. The number of H-pyrrole nitrogens is 1. The van der Waals surface area contributed by atoms with Crippen molar-refractivity contribution in [2.45, 2.75) is 26.3 Å². The van der Waals surface area contributed by atoms with Crippen molar-refractivity contribution in [3.05, 3.63) is 41.7 Å². The van der Waals surface area contributed by atoms with Gasteiger partial charge in [0.2, 0.25) is 0 Å². The maximum atomic E-state index is 11.9. The van der Waals surface area contributed by atoms with E-state index >= 15 is 0 Å². The lowest BCUT2D eigenvalue weighted by Crippen LogP contribution is -2.28. The molecule has 0 spiro atoms. The SMILES string of the molecule is CCc1cc(CNC(=O)Nc2ccc(OCCCN(C)C)cc2)[nH]n1.